The first kappa shape index (κ1) is 21.8. The van der Waals surface area contributed by atoms with E-state index in [2.05, 4.69) is 41.1 Å². The Hall–Kier alpha value is -2.05. The molecule has 1 aliphatic rings. The number of nitrogens with one attached hydrogen (secondary N) is 1. The summed E-state index contributed by atoms with van der Waals surface area (Å²) in [6.07, 6.45) is 1.70. The minimum Gasteiger partial charge on any atom is -0.490 e. The molecule has 32 heavy (non-hydrogen) atoms. The lowest BCUT2D eigenvalue weighted by atomic mass is 9.90. The lowest BCUT2D eigenvalue weighted by Crippen LogP contribution is -2.45. The highest BCUT2D eigenvalue weighted by molar-refractivity contribution is 7.19. The second kappa shape index (κ2) is 9.06. The Balaban J connectivity index is 1.17. The summed E-state index contributed by atoms with van der Waals surface area (Å²) in [5.74, 6) is 1.39. The molecule has 0 spiro atoms. The number of likely N-dealkylation sites (tertiary alicyclic amines) is 1. The maximum Gasteiger partial charge on any atom is 0.128 e. The van der Waals surface area contributed by atoms with Crippen molar-refractivity contribution in [2.45, 2.75) is 44.8 Å². The SMILES string of the molecule is Cc1cc2c(OC[C@@H](O)CN3CC[C@H](c4cc5cc(Cl)ccc5s4)C[C@@H]3C)cccc2[nH]1. The summed E-state index contributed by atoms with van der Waals surface area (Å²) in [5.41, 5.74) is 2.17. The molecular formula is C26H29ClN2O2S. The minimum atomic E-state index is -0.518. The van der Waals surface area contributed by atoms with Crippen LogP contribution in [0.25, 0.3) is 21.0 Å². The Bertz CT molecular complexity index is 1230. The average Bonchev–Trinajstić information content (AvgIpc) is 3.36. The first-order valence-electron chi connectivity index (χ1n) is 11.3. The van der Waals surface area contributed by atoms with Crippen LogP contribution in [0.2, 0.25) is 5.02 Å². The number of H-pyrrole nitrogens is 1. The number of β-amino-alcohol motifs (C(OH)–C–C–N with tert-alkyl or cyclic N) is 1. The number of halogens is 1. The fraction of sp³-hybridized carbons (Fsp3) is 0.385. The molecule has 0 radical (unpaired) electrons. The van der Waals surface area contributed by atoms with Crippen molar-refractivity contribution in [1.82, 2.24) is 9.88 Å². The van der Waals surface area contributed by atoms with Crippen molar-refractivity contribution in [2.75, 3.05) is 19.7 Å². The van der Waals surface area contributed by atoms with Gasteiger partial charge in [0.1, 0.15) is 18.5 Å². The van der Waals surface area contributed by atoms with E-state index < -0.39 is 6.10 Å². The van der Waals surface area contributed by atoms with Gasteiger partial charge in [0, 0.05) is 43.8 Å². The molecule has 4 nitrogen and oxygen atoms in total. The summed E-state index contributed by atoms with van der Waals surface area (Å²) in [6.45, 7) is 6.24. The fourth-order valence-electron chi connectivity index (χ4n) is 4.89. The van der Waals surface area contributed by atoms with Gasteiger partial charge >= 0.3 is 0 Å². The first-order chi connectivity index (χ1) is 15.5. The van der Waals surface area contributed by atoms with Crippen molar-refractivity contribution in [1.29, 1.82) is 0 Å². The number of aliphatic hydroxyl groups is 1. The van der Waals surface area contributed by atoms with Crippen LogP contribution in [-0.2, 0) is 0 Å². The zero-order chi connectivity index (χ0) is 22.2. The van der Waals surface area contributed by atoms with Crippen LogP contribution in [0.5, 0.6) is 5.75 Å². The molecule has 2 aromatic carbocycles. The van der Waals surface area contributed by atoms with Gasteiger partial charge in [0.2, 0.25) is 0 Å². The van der Waals surface area contributed by atoms with Gasteiger partial charge < -0.3 is 14.8 Å². The third-order valence-corrected chi connectivity index (χ3v) is 8.06. The number of fused-ring (bicyclic) bond motifs is 2. The Labute approximate surface area is 197 Å². The average molecular weight is 469 g/mol. The minimum absolute atomic E-state index is 0.299. The van der Waals surface area contributed by atoms with Crippen molar-refractivity contribution in [2.24, 2.45) is 0 Å². The second-order valence-electron chi connectivity index (χ2n) is 9.03. The molecule has 6 heteroatoms. The zero-order valence-electron chi connectivity index (χ0n) is 18.5. The number of aromatic nitrogens is 1. The van der Waals surface area contributed by atoms with Crippen LogP contribution in [0.4, 0.5) is 0 Å². The maximum atomic E-state index is 10.7. The smallest absolute Gasteiger partial charge is 0.128 e. The van der Waals surface area contributed by atoms with E-state index >= 15 is 0 Å². The van der Waals surface area contributed by atoms with Crippen LogP contribution in [0.15, 0.2) is 48.5 Å². The van der Waals surface area contributed by atoms with Crippen LogP contribution in [-0.4, -0.2) is 46.8 Å². The Morgan fingerprint density at radius 3 is 2.97 bits per heavy atom. The molecule has 2 N–H and O–H groups in total. The van der Waals surface area contributed by atoms with Crippen LogP contribution < -0.4 is 4.74 Å². The van der Waals surface area contributed by atoms with Crippen molar-refractivity contribution < 1.29 is 9.84 Å². The van der Waals surface area contributed by atoms with Gasteiger partial charge in [-0.2, -0.15) is 0 Å². The van der Waals surface area contributed by atoms with Crippen molar-refractivity contribution in [3.05, 3.63) is 64.1 Å². The van der Waals surface area contributed by atoms with Crippen molar-refractivity contribution in [3.63, 3.8) is 0 Å². The molecule has 3 atom stereocenters. The predicted molar refractivity (Wildman–Crippen MR) is 134 cm³/mol. The standard InChI is InChI=1S/C26H29ClN2O2S/c1-16-10-22-23(28-16)4-3-5-24(22)31-15-21(30)14-29-9-8-18(11-17(29)2)26-13-19-12-20(27)6-7-25(19)32-26/h3-7,10,12-13,17-18,21,28,30H,8-9,11,14-15H2,1-2H3/t17-,18-,21-/m0/s1. The molecule has 1 aliphatic heterocycles. The normalized spacial score (nSPS) is 20.8. The van der Waals surface area contributed by atoms with Gasteiger partial charge in [0.25, 0.3) is 0 Å². The maximum absolute atomic E-state index is 10.7. The van der Waals surface area contributed by atoms with Gasteiger partial charge in [-0.25, -0.2) is 0 Å². The number of benzene rings is 2. The quantitative estimate of drug-likeness (QED) is 0.346. The number of rotatable bonds is 6. The third-order valence-electron chi connectivity index (χ3n) is 6.55. The number of nitrogens with zero attached hydrogens (tertiary/aromatic N) is 1. The summed E-state index contributed by atoms with van der Waals surface area (Å²) in [7, 11) is 0. The van der Waals surface area contributed by atoms with Gasteiger partial charge in [0.05, 0.1) is 0 Å². The Morgan fingerprint density at radius 2 is 2.12 bits per heavy atom. The molecule has 1 saturated heterocycles. The summed E-state index contributed by atoms with van der Waals surface area (Å²) >= 11 is 8.05. The zero-order valence-corrected chi connectivity index (χ0v) is 20.0. The van der Waals surface area contributed by atoms with E-state index in [-0.39, 0.29) is 0 Å². The topological polar surface area (TPSA) is 48.5 Å². The summed E-state index contributed by atoms with van der Waals surface area (Å²) < 4.78 is 7.30. The van der Waals surface area contributed by atoms with Gasteiger partial charge in [-0.15, -0.1) is 11.3 Å². The molecular weight excluding hydrogens is 440 g/mol. The Kier molecular flexibility index (Phi) is 6.17. The lowest BCUT2D eigenvalue weighted by Gasteiger charge is -2.38. The summed E-state index contributed by atoms with van der Waals surface area (Å²) in [6, 6.07) is 17.0. The molecule has 0 aliphatic carbocycles. The molecule has 0 bridgehead atoms. The van der Waals surface area contributed by atoms with E-state index in [9.17, 15) is 5.11 Å². The number of aromatic amines is 1. The van der Waals surface area contributed by atoms with Crippen LogP contribution in [0.3, 0.4) is 0 Å². The van der Waals surface area contributed by atoms with Gasteiger partial charge in [0.15, 0.2) is 0 Å². The molecule has 0 saturated carbocycles. The Morgan fingerprint density at radius 1 is 1.25 bits per heavy atom. The van der Waals surface area contributed by atoms with E-state index in [0.29, 0.717) is 25.1 Å². The lowest BCUT2D eigenvalue weighted by molar-refractivity contribution is 0.0408. The largest absolute Gasteiger partial charge is 0.490 e. The van der Waals surface area contributed by atoms with E-state index in [1.165, 1.54) is 15.0 Å². The van der Waals surface area contributed by atoms with Gasteiger partial charge in [-0.05, 0) is 87.0 Å². The molecule has 0 unspecified atom stereocenters. The molecule has 168 valence electrons. The molecule has 3 heterocycles. The van der Waals surface area contributed by atoms with Gasteiger partial charge in [-0.3, -0.25) is 4.90 Å². The van der Waals surface area contributed by atoms with Crippen molar-refractivity contribution in [3.8, 4) is 5.75 Å². The van der Waals surface area contributed by atoms with E-state index in [0.717, 1.165) is 46.8 Å². The number of aliphatic hydroxyl groups excluding tert-OH is 1. The third kappa shape index (κ3) is 4.53. The monoisotopic (exact) mass is 468 g/mol. The predicted octanol–water partition coefficient (Wildman–Crippen LogP) is 6.35. The fourth-order valence-corrected chi connectivity index (χ4v) is 6.26. The number of thiophene rings is 1. The first-order valence-corrected chi connectivity index (χ1v) is 12.5. The van der Waals surface area contributed by atoms with Crippen LogP contribution in [0, 0.1) is 6.92 Å². The molecule has 0 amide bonds. The molecule has 5 rings (SSSR count). The highest BCUT2D eigenvalue weighted by Crippen LogP contribution is 2.39. The second-order valence-corrected chi connectivity index (χ2v) is 10.6. The molecule has 4 aromatic rings. The van der Waals surface area contributed by atoms with E-state index in [4.69, 9.17) is 16.3 Å². The number of piperidine rings is 1. The van der Waals surface area contributed by atoms with E-state index in [1.807, 2.05) is 42.5 Å². The number of hydrogen-bond acceptors (Lipinski definition) is 4. The summed E-state index contributed by atoms with van der Waals surface area (Å²) in [4.78, 5) is 7.18. The summed E-state index contributed by atoms with van der Waals surface area (Å²) in [5, 5.41) is 13.8. The molecule has 2 aromatic heterocycles. The van der Waals surface area contributed by atoms with Gasteiger partial charge in [-0.1, -0.05) is 17.7 Å². The van der Waals surface area contributed by atoms with E-state index in [1.54, 1.807) is 0 Å². The highest BCUT2D eigenvalue weighted by atomic mass is 35.5. The van der Waals surface area contributed by atoms with Crippen LogP contribution in [0.1, 0.15) is 36.3 Å². The number of aryl methyl sites for hydroxylation is 1. The highest BCUT2D eigenvalue weighted by Gasteiger charge is 2.28. The van der Waals surface area contributed by atoms with Crippen LogP contribution >= 0.6 is 22.9 Å². The number of hydrogen-bond donors (Lipinski definition) is 2. The number of ether oxygens (including phenoxy) is 1. The molecule has 1 fully saturated rings. The van der Waals surface area contributed by atoms with Crippen molar-refractivity contribution >= 4 is 43.9 Å².